The third-order valence-corrected chi connectivity index (χ3v) is 4.25. The van der Waals surface area contributed by atoms with E-state index in [1.807, 2.05) is 19.9 Å². The van der Waals surface area contributed by atoms with Gasteiger partial charge in [0, 0.05) is 11.1 Å². The summed E-state index contributed by atoms with van der Waals surface area (Å²) < 4.78 is 16.4. The van der Waals surface area contributed by atoms with E-state index in [1.165, 1.54) is 6.26 Å². The summed E-state index contributed by atoms with van der Waals surface area (Å²) in [5.74, 6) is 1.05. The van der Waals surface area contributed by atoms with E-state index in [9.17, 15) is 4.79 Å². The van der Waals surface area contributed by atoms with Gasteiger partial charge in [0.15, 0.2) is 6.61 Å². The van der Waals surface area contributed by atoms with Gasteiger partial charge in [-0.15, -0.1) is 0 Å². The number of aryl methyl sites for hydroxylation is 2. The van der Waals surface area contributed by atoms with Crippen molar-refractivity contribution in [2.24, 2.45) is 0 Å². The zero-order valence-electron chi connectivity index (χ0n) is 13.6. The molecule has 0 aliphatic carbocycles. The second-order valence-corrected chi connectivity index (χ2v) is 5.88. The summed E-state index contributed by atoms with van der Waals surface area (Å²) in [4.78, 5) is 12.6. The summed E-state index contributed by atoms with van der Waals surface area (Å²) in [7, 11) is 0. The predicted molar refractivity (Wildman–Crippen MR) is 94.6 cm³/mol. The van der Waals surface area contributed by atoms with Crippen molar-refractivity contribution in [3.05, 3.63) is 63.0 Å². The second kappa shape index (κ2) is 6.88. The molecule has 0 spiro atoms. The van der Waals surface area contributed by atoms with Crippen molar-refractivity contribution in [3.63, 3.8) is 0 Å². The number of hydrogen-bond donors (Lipinski definition) is 0. The van der Waals surface area contributed by atoms with Crippen LogP contribution >= 0.6 is 11.6 Å². The SMILES string of the molecule is Cc1cc(Oc2coc3cc(OCC#N)ccc3c2=O)cc(C)c1Cl. The second-order valence-electron chi connectivity index (χ2n) is 5.51. The van der Waals surface area contributed by atoms with Crippen molar-refractivity contribution in [2.45, 2.75) is 13.8 Å². The first kappa shape index (κ1) is 16.9. The molecule has 1 aromatic heterocycles. The zero-order valence-corrected chi connectivity index (χ0v) is 14.4. The van der Waals surface area contributed by atoms with E-state index in [1.54, 1.807) is 30.3 Å². The maximum Gasteiger partial charge on any atom is 0.235 e. The van der Waals surface area contributed by atoms with E-state index in [2.05, 4.69) is 0 Å². The van der Waals surface area contributed by atoms with Crippen LogP contribution in [0.2, 0.25) is 5.02 Å². The average Bonchev–Trinajstić information content (AvgIpc) is 2.60. The fraction of sp³-hybridized carbons (Fsp3) is 0.158. The van der Waals surface area contributed by atoms with Crippen LogP contribution in [-0.2, 0) is 0 Å². The Balaban J connectivity index is 1.97. The van der Waals surface area contributed by atoms with Crippen molar-refractivity contribution >= 4 is 22.6 Å². The van der Waals surface area contributed by atoms with Gasteiger partial charge in [-0.3, -0.25) is 4.79 Å². The molecule has 0 saturated heterocycles. The summed E-state index contributed by atoms with van der Waals surface area (Å²) >= 11 is 6.15. The van der Waals surface area contributed by atoms with Crippen molar-refractivity contribution in [2.75, 3.05) is 6.61 Å². The van der Waals surface area contributed by atoms with Crippen LogP contribution in [0.15, 0.2) is 45.8 Å². The standard InChI is InChI=1S/C19H14ClNO4/c1-11-7-14(8-12(2)18(11)20)25-17-10-24-16-9-13(23-6-5-21)3-4-15(16)19(17)22/h3-4,7-10H,6H2,1-2H3. The molecule has 0 saturated carbocycles. The number of rotatable bonds is 4. The molecule has 0 aliphatic heterocycles. The molecular formula is C19H14ClNO4. The monoisotopic (exact) mass is 355 g/mol. The molecule has 0 atom stereocenters. The third-order valence-electron chi connectivity index (χ3n) is 3.66. The van der Waals surface area contributed by atoms with Gasteiger partial charge in [0.25, 0.3) is 0 Å². The van der Waals surface area contributed by atoms with Gasteiger partial charge >= 0.3 is 0 Å². The van der Waals surface area contributed by atoms with Crippen molar-refractivity contribution in [3.8, 4) is 23.3 Å². The fourth-order valence-electron chi connectivity index (χ4n) is 2.46. The Morgan fingerprint density at radius 2 is 1.88 bits per heavy atom. The molecule has 0 radical (unpaired) electrons. The number of fused-ring (bicyclic) bond motifs is 1. The Bertz CT molecular complexity index is 1030. The Kier molecular flexibility index (Phi) is 4.64. The molecule has 6 heteroatoms. The molecule has 0 aliphatic rings. The summed E-state index contributed by atoms with van der Waals surface area (Å²) in [6.45, 7) is 3.66. The number of ether oxygens (including phenoxy) is 2. The molecule has 0 N–H and O–H groups in total. The van der Waals surface area contributed by atoms with Gasteiger partial charge in [-0.2, -0.15) is 5.26 Å². The number of hydrogen-bond acceptors (Lipinski definition) is 5. The Morgan fingerprint density at radius 3 is 2.56 bits per heavy atom. The molecule has 0 amide bonds. The average molecular weight is 356 g/mol. The molecule has 25 heavy (non-hydrogen) atoms. The van der Waals surface area contributed by atoms with Crippen LogP contribution in [0.4, 0.5) is 0 Å². The van der Waals surface area contributed by atoms with E-state index < -0.39 is 0 Å². The van der Waals surface area contributed by atoms with Crippen LogP contribution in [0.25, 0.3) is 11.0 Å². The van der Waals surface area contributed by atoms with Crippen LogP contribution in [0, 0.1) is 25.2 Å². The fourth-order valence-corrected chi connectivity index (χ4v) is 2.57. The van der Waals surface area contributed by atoms with Crippen LogP contribution in [0.5, 0.6) is 17.2 Å². The summed E-state index contributed by atoms with van der Waals surface area (Å²) in [6, 6.07) is 10.2. The Morgan fingerprint density at radius 1 is 1.16 bits per heavy atom. The summed E-state index contributed by atoms with van der Waals surface area (Å²) in [5.41, 5.74) is 1.79. The van der Waals surface area contributed by atoms with E-state index >= 15 is 0 Å². The van der Waals surface area contributed by atoms with E-state index in [0.717, 1.165) is 11.1 Å². The highest BCUT2D eigenvalue weighted by Crippen LogP contribution is 2.29. The molecule has 126 valence electrons. The number of nitrogens with zero attached hydrogens (tertiary/aromatic N) is 1. The molecule has 0 fully saturated rings. The largest absolute Gasteiger partial charge is 0.479 e. The highest BCUT2D eigenvalue weighted by Gasteiger charge is 2.12. The lowest BCUT2D eigenvalue weighted by Crippen LogP contribution is -2.05. The normalized spacial score (nSPS) is 10.5. The van der Waals surface area contributed by atoms with Crippen LogP contribution in [0.1, 0.15) is 11.1 Å². The summed E-state index contributed by atoms with van der Waals surface area (Å²) in [5, 5.41) is 9.58. The van der Waals surface area contributed by atoms with E-state index in [4.69, 9.17) is 30.8 Å². The lowest BCUT2D eigenvalue weighted by Gasteiger charge is -2.09. The molecule has 0 bridgehead atoms. The van der Waals surface area contributed by atoms with Crippen LogP contribution < -0.4 is 14.9 Å². The number of halogens is 1. The topological polar surface area (TPSA) is 72.5 Å². The zero-order chi connectivity index (χ0) is 18.0. The van der Waals surface area contributed by atoms with E-state index in [0.29, 0.717) is 27.5 Å². The smallest absolute Gasteiger partial charge is 0.235 e. The van der Waals surface area contributed by atoms with Gasteiger partial charge in [0.05, 0.1) is 5.39 Å². The number of nitriles is 1. The first-order valence-electron chi connectivity index (χ1n) is 7.49. The highest BCUT2D eigenvalue weighted by atomic mass is 35.5. The quantitative estimate of drug-likeness (QED) is 0.674. The van der Waals surface area contributed by atoms with Gasteiger partial charge in [-0.05, 0) is 49.2 Å². The van der Waals surface area contributed by atoms with E-state index in [-0.39, 0.29) is 17.8 Å². The van der Waals surface area contributed by atoms with Crippen LogP contribution in [-0.4, -0.2) is 6.61 Å². The predicted octanol–water partition coefficient (Wildman–Crippen LogP) is 4.76. The van der Waals surface area contributed by atoms with Crippen molar-refractivity contribution in [1.29, 1.82) is 5.26 Å². The lowest BCUT2D eigenvalue weighted by atomic mass is 10.1. The molecule has 3 rings (SSSR count). The minimum Gasteiger partial charge on any atom is -0.479 e. The maximum absolute atomic E-state index is 12.6. The van der Waals surface area contributed by atoms with Gasteiger partial charge < -0.3 is 13.9 Å². The molecular weight excluding hydrogens is 342 g/mol. The van der Waals surface area contributed by atoms with Crippen molar-refractivity contribution in [1.82, 2.24) is 0 Å². The highest BCUT2D eigenvalue weighted by molar-refractivity contribution is 6.32. The molecule has 2 aromatic carbocycles. The third kappa shape index (κ3) is 3.44. The molecule has 5 nitrogen and oxygen atoms in total. The molecule has 3 aromatic rings. The minimum atomic E-state index is -0.293. The molecule has 1 heterocycles. The van der Waals surface area contributed by atoms with Crippen LogP contribution in [0.3, 0.4) is 0 Å². The van der Waals surface area contributed by atoms with Gasteiger partial charge in [-0.1, -0.05) is 11.6 Å². The minimum absolute atomic E-state index is 0.0772. The summed E-state index contributed by atoms with van der Waals surface area (Å²) in [6.07, 6.45) is 1.26. The Hall–Kier alpha value is -2.97. The lowest BCUT2D eigenvalue weighted by molar-refractivity contribution is 0.367. The first-order chi connectivity index (χ1) is 12.0. The van der Waals surface area contributed by atoms with Gasteiger partial charge in [0.2, 0.25) is 11.2 Å². The van der Waals surface area contributed by atoms with Crippen molar-refractivity contribution < 1.29 is 13.9 Å². The maximum atomic E-state index is 12.6. The molecule has 0 unspecified atom stereocenters. The number of benzene rings is 2. The first-order valence-corrected chi connectivity index (χ1v) is 7.87. The van der Waals surface area contributed by atoms with Gasteiger partial charge in [0.1, 0.15) is 29.4 Å². The van der Waals surface area contributed by atoms with Gasteiger partial charge in [-0.25, -0.2) is 0 Å². The Labute approximate surface area is 149 Å².